The summed E-state index contributed by atoms with van der Waals surface area (Å²) in [7, 11) is 0. The zero-order valence-electron chi connectivity index (χ0n) is 13.6. The van der Waals surface area contributed by atoms with Crippen LogP contribution in [0.15, 0.2) is 0 Å². The Balaban J connectivity index is 1.69. The number of ether oxygens (including phenoxy) is 1. The zero-order chi connectivity index (χ0) is 14.5. The van der Waals surface area contributed by atoms with Gasteiger partial charge >= 0.3 is 0 Å². The molecule has 2 atom stereocenters. The molecule has 0 amide bonds. The minimum Gasteiger partial charge on any atom is -0.396 e. The van der Waals surface area contributed by atoms with Crippen LogP contribution in [0.5, 0.6) is 0 Å². The molecule has 2 heteroatoms. The molecule has 2 nitrogen and oxygen atoms in total. The minimum atomic E-state index is 0.365. The van der Waals surface area contributed by atoms with Crippen molar-refractivity contribution in [1.29, 1.82) is 0 Å². The Morgan fingerprint density at radius 3 is 1.60 bits per heavy atom. The highest BCUT2D eigenvalue weighted by molar-refractivity contribution is 4.84. The third-order valence-electron chi connectivity index (χ3n) is 4.43. The smallest absolute Gasteiger partial charge is 0.0841 e. The second-order valence-electron chi connectivity index (χ2n) is 6.40. The molecule has 0 bridgehead atoms. The van der Waals surface area contributed by atoms with Crippen LogP contribution in [0.4, 0.5) is 0 Å². The van der Waals surface area contributed by atoms with E-state index in [0.717, 1.165) is 6.42 Å². The second-order valence-corrected chi connectivity index (χ2v) is 6.40. The SMILES string of the molecule is CCCCC1OC1CCCCCCCCCCCCO. The Labute approximate surface area is 126 Å². The van der Waals surface area contributed by atoms with Crippen molar-refractivity contribution in [2.24, 2.45) is 0 Å². The van der Waals surface area contributed by atoms with Gasteiger partial charge in [0.1, 0.15) is 0 Å². The largest absolute Gasteiger partial charge is 0.396 e. The molecule has 1 rings (SSSR count). The number of rotatable bonds is 15. The first kappa shape index (κ1) is 18.0. The maximum atomic E-state index is 8.68. The molecule has 0 spiro atoms. The van der Waals surface area contributed by atoms with Gasteiger partial charge in [-0.2, -0.15) is 0 Å². The van der Waals surface area contributed by atoms with Crippen molar-refractivity contribution in [3.63, 3.8) is 0 Å². The maximum Gasteiger partial charge on any atom is 0.0841 e. The minimum absolute atomic E-state index is 0.365. The molecule has 1 aliphatic rings. The summed E-state index contributed by atoms with van der Waals surface area (Å²) in [5.41, 5.74) is 0. The van der Waals surface area contributed by atoms with E-state index in [1.807, 2.05) is 0 Å². The van der Waals surface area contributed by atoms with Crippen molar-refractivity contribution in [2.75, 3.05) is 6.61 Å². The topological polar surface area (TPSA) is 32.8 Å². The van der Waals surface area contributed by atoms with Crippen LogP contribution < -0.4 is 0 Å². The van der Waals surface area contributed by atoms with Gasteiger partial charge in [-0.15, -0.1) is 0 Å². The lowest BCUT2D eigenvalue weighted by molar-refractivity contribution is 0.282. The molecule has 0 aromatic heterocycles. The Bertz CT molecular complexity index is 206. The normalized spacial score (nSPS) is 21.3. The summed E-state index contributed by atoms with van der Waals surface area (Å²) in [5.74, 6) is 0. The van der Waals surface area contributed by atoms with Crippen molar-refractivity contribution in [3.05, 3.63) is 0 Å². The molecule has 0 radical (unpaired) electrons. The van der Waals surface area contributed by atoms with Gasteiger partial charge in [-0.1, -0.05) is 77.6 Å². The van der Waals surface area contributed by atoms with Crippen molar-refractivity contribution >= 4 is 0 Å². The third-order valence-corrected chi connectivity index (χ3v) is 4.43. The van der Waals surface area contributed by atoms with Gasteiger partial charge in [-0.25, -0.2) is 0 Å². The van der Waals surface area contributed by atoms with Gasteiger partial charge in [0.25, 0.3) is 0 Å². The van der Waals surface area contributed by atoms with E-state index in [1.165, 1.54) is 83.5 Å². The molecule has 1 N–H and O–H groups in total. The van der Waals surface area contributed by atoms with Crippen LogP contribution in [-0.4, -0.2) is 23.9 Å². The summed E-state index contributed by atoms with van der Waals surface area (Å²) in [5, 5.41) is 8.68. The molecule has 20 heavy (non-hydrogen) atoms. The van der Waals surface area contributed by atoms with E-state index in [2.05, 4.69) is 6.92 Å². The fourth-order valence-corrected chi connectivity index (χ4v) is 2.96. The Hall–Kier alpha value is -0.0800. The summed E-state index contributed by atoms with van der Waals surface area (Å²) in [6, 6.07) is 0. The Kier molecular flexibility index (Phi) is 11.4. The number of aliphatic hydroxyl groups is 1. The van der Waals surface area contributed by atoms with E-state index < -0.39 is 0 Å². The molecule has 1 fully saturated rings. The molecule has 0 aromatic rings. The number of epoxide rings is 1. The standard InChI is InChI=1S/C18H36O2/c1-2-3-14-17-18(20-17)15-12-10-8-6-4-5-7-9-11-13-16-19/h17-19H,2-16H2,1H3. The predicted octanol–water partition coefficient (Wildman–Crippen LogP) is 5.23. The Morgan fingerprint density at radius 2 is 1.10 bits per heavy atom. The van der Waals surface area contributed by atoms with Gasteiger partial charge in [0, 0.05) is 6.61 Å². The molecule has 0 aliphatic carbocycles. The first-order valence-corrected chi connectivity index (χ1v) is 9.14. The van der Waals surface area contributed by atoms with Crippen LogP contribution in [0.3, 0.4) is 0 Å². The molecule has 1 heterocycles. The lowest BCUT2D eigenvalue weighted by Gasteiger charge is -2.02. The van der Waals surface area contributed by atoms with E-state index in [0.29, 0.717) is 18.8 Å². The summed E-state index contributed by atoms with van der Waals surface area (Å²) in [6.07, 6.45) is 19.7. The van der Waals surface area contributed by atoms with Crippen molar-refractivity contribution in [2.45, 2.75) is 109 Å². The number of hydrogen-bond acceptors (Lipinski definition) is 2. The summed E-state index contributed by atoms with van der Waals surface area (Å²) >= 11 is 0. The van der Waals surface area contributed by atoms with E-state index >= 15 is 0 Å². The van der Waals surface area contributed by atoms with Crippen LogP contribution in [0, 0.1) is 0 Å². The third kappa shape index (κ3) is 9.77. The number of hydrogen-bond donors (Lipinski definition) is 1. The highest BCUT2D eigenvalue weighted by Crippen LogP contribution is 2.31. The van der Waals surface area contributed by atoms with Gasteiger partial charge in [-0.05, 0) is 19.3 Å². The molecule has 1 saturated heterocycles. The molecule has 1 aliphatic heterocycles. The summed E-state index contributed by atoms with van der Waals surface area (Å²) < 4.78 is 5.69. The van der Waals surface area contributed by atoms with Crippen molar-refractivity contribution in [3.8, 4) is 0 Å². The quantitative estimate of drug-likeness (QED) is 0.330. The van der Waals surface area contributed by atoms with E-state index in [1.54, 1.807) is 0 Å². The second kappa shape index (κ2) is 12.6. The van der Waals surface area contributed by atoms with Gasteiger partial charge in [0.15, 0.2) is 0 Å². The molecular formula is C18H36O2. The first-order chi connectivity index (χ1) is 9.88. The molecular weight excluding hydrogens is 248 g/mol. The zero-order valence-corrected chi connectivity index (χ0v) is 13.6. The fourth-order valence-electron chi connectivity index (χ4n) is 2.96. The lowest BCUT2D eigenvalue weighted by atomic mass is 10.0. The highest BCUT2D eigenvalue weighted by Gasteiger charge is 2.36. The van der Waals surface area contributed by atoms with Crippen LogP contribution in [0.1, 0.15) is 96.8 Å². The molecule has 120 valence electrons. The number of aliphatic hydroxyl groups excluding tert-OH is 1. The van der Waals surface area contributed by atoms with E-state index in [-0.39, 0.29) is 0 Å². The monoisotopic (exact) mass is 284 g/mol. The maximum absolute atomic E-state index is 8.68. The van der Waals surface area contributed by atoms with Gasteiger partial charge in [0.05, 0.1) is 12.2 Å². The fraction of sp³-hybridized carbons (Fsp3) is 1.00. The van der Waals surface area contributed by atoms with Crippen LogP contribution in [-0.2, 0) is 4.74 Å². The molecule has 0 saturated carbocycles. The lowest BCUT2D eigenvalue weighted by Crippen LogP contribution is -1.94. The van der Waals surface area contributed by atoms with Crippen molar-refractivity contribution in [1.82, 2.24) is 0 Å². The summed E-state index contributed by atoms with van der Waals surface area (Å²) in [4.78, 5) is 0. The average Bonchev–Trinajstić information content (AvgIpc) is 3.21. The average molecular weight is 284 g/mol. The first-order valence-electron chi connectivity index (χ1n) is 9.14. The Morgan fingerprint density at radius 1 is 0.650 bits per heavy atom. The van der Waals surface area contributed by atoms with E-state index in [9.17, 15) is 0 Å². The molecule has 2 unspecified atom stereocenters. The molecule has 0 aromatic carbocycles. The van der Waals surface area contributed by atoms with Gasteiger partial charge < -0.3 is 9.84 Å². The highest BCUT2D eigenvalue weighted by atomic mass is 16.6. The summed E-state index contributed by atoms with van der Waals surface area (Å²) in [6.45, 7) is 2.62. The van der Waals surface area contributed by atoms with Crippen LogP contribution in [0.25, 0.3) is 0 Å². The number of unbranched alkanes of at least 4 members (excludes halogenated alkanes) is 10. The van der Waals surface area contributed by atoms with Gasteiger partial charge in [0.2, 0.25) is 0 Å². The predicted molar refractivity (Wildman–Crippen MR) is 86.1 cm³/mol. The van der Waals surface area contributed by atoms with Gasteiger partial charge in [-0.3, -0.25) is 0 Å². The van der Waals surface area contributed by atoms with Crippen LogP contribution >= 0.6 is 0 Å². The van der Waals surface area contributed by atoms with E-state index in [4.69, 9.17) is 9.84 Å². The van der Waals surface area contributed by atoms with Crippen LogP contribution in [0.2, 0.25) is 0 Å². The van der Waals surface area contributed by atoms with Crippen molar-refractivity contribution < 1.29 is 9.84 Å².